The highest BCUT2D eigenvalue weighted by Crippen LogP contribution is 2.31. The number of hydrogen-bond donors (Lipinski definition) is 1. The zero-order valence-electron chi connectivity index (χ0n) is 11.9. The molecule has 0 aliphatic rings. The molecule has 0 aliphatic carbocycles. The van der Waals surface area contributed by atoms with Gasteiger partial charge in [0.2, 0.25) is 5.89 Å². The van der Waals surface area contributed by atoms with Crippen LogP contribution in [0.3, 0.4) is 0 Å². The maximum atomic E-state index is 6.15. The third-order valence-corrected chi connectivity index (χ3v) is 3.56. The number of hydrogen-bond acceptors (Lipinski definition) is 4. The number of aryl methyl sites for hydroxylation is 1. The zero-order chi connectivity index (χ0) is 13.3. The minimum Gasteiger partial charge on any atom is -0.339 e. The van der Waals surface area contributed by atoms with Crippen LogP contribution < -0.4 is 5.73 Å². The van der Waals surface area contributed by atoms with Crippen molar-refractivity contribution >= 4 is 0 Å². The summed E-state index contributed by atoms with van der Waals surface area (Å²) in [5.41, 5.74) is 5.43. The summed E-state index contributed by atoms with van der Waals surface area (Å²) in [6, 6.07) is 0. The number of aromatic nitrogens is 2. The van der Waals surface area contributed by atoms with E-state index < -0.39 is 5.54 Å². The molecule has 4 heteroatoms. The van der Waals surface area contributed by atoms with Gasteiger partial charge in [0.25, 0.3) is 0 Å². The number of nitrogens with zero attached hydrogens (tertiary/aromatic N) is 2. The quantitative estimate of drug-likeness (QED) is 0.858. The second kappa shape index (κ2) is 4.77. The first-order chi connectivity index (χ1) is 7.64. The average molecular weight is 239 g/mol. The van der Waals surface area contributed by atoms with Crippen LogP contribution in [0.25, 0.3) is 0 Å². The van der Waals surface area contributed by atoms with E-state index in [0.717, 1.165) is 18.7 Å². The van der Waals surface area contributed by atoms with Gasteiger partial charge < -0.3 is 10.3 Å². The molecule has 98 valence electrons. The van der Waals surface area contributed by atoms with Gasteiger partial charge in [0, 0.05) is 12.0 Å². The fraction of sp³-hybridized carbons (Fsp3) is 0.846. The van der Waals surface area contributed by atoms with Crippen LogP contribution in [0.2, 0.25) is 0 Å². The van der Waals surface area contributed by atoms with Gasteiger partial charge in [-0.15, -0.1) is 0 Å². The molecule has 0 atom stereocenters. The van der Waals surface area contributed by atoms with Crippen molar-refractivity contribution in [3.63, 3.8) is 0 Å². The normalized spacial score (nSPS) is 13.4. The maximum Gasteiger partial charge on any atom is 0.234 e. The molecule has 17 heavy (non-hydrogen) atoms. The number of rotatable bonds is 5. The van der Waals surface area contributed by atoms with Gasteiger partial charge in [0.15, 0.2) is 5.82 Å². The average Bonchev–Trinajstić information content (AvgIpc) is 2.61. The van der Waals surface area contributed by atoms with Gasteiger partial charge in [0.05, 0.1) is 5.41 Å². The first-order valence-corrected chi connectivity index (χ1v) is 6.26. The molecule has 0 aromatic carbocycles. The second-order valence-corrected chi connectivity index (χ2v) is 6.29. The lowest BCUT2D eigenvalue weighted by molar-refractivity contribution is 0.222. The Hall–Kier alpha value is -0.900. The predicted octanol–water partition coefficient (Wildman–Crippen LogP) is 2.67. The van der Waals surface area contributed by atoms with Crippen molar-refractivity contribution < 1.29 is 4.52 Å². The van der Waals surface area contributed by atoms with Gasteiger partial charge in [-0.2, -0.15) is 4.98 Å². The Morgan fingerprint density at radius 1 is 1.24 bits per heavy atom. The Morgan fingerprint density at radius 3 is 2.29 bits per heavy atom. The van der Waals surface area contributed by atoms with Crippen LogP contribution in [0.15, 0.2) is 4.52 Å². The molecule has 0 aliphatic heterocycles. The molecule has 1 heterocycles. The van der Waals surface area contributed by atoms with E-state index in [-0.39, 0.29) is 5.41 Å². The van der Waals surface area contributed by atoms with E-state index in [2.05, 4.69) is 24.0 Å². The minimum absolute atomic E-state index is 0.323. The first-order valence-electron chi connectivity index (χ1n) is 6.26. The summed E-state index contributed by atoms with van der Waals surface area (Å²) in [6.07, 6.45) is 1.94. The lowest BCUT2D eigenvalue weighted by Gasteiger charge is -2.34. The third-order valence-electron chi connectivity index (χ3n) is 3.56. The van der Waals surface area contributed by atoms with Gasteiger partial charge in [-0.3, -0.25) is 0 Å². The van der Waals surface area contributed by atoms with Gasteiger partial charge >= 0.3 is 0 Å². The summed E-state index contributed by atoms with van der Waals surface area (Å²) in [4.78, 5) is 4.46. The topological polar surface area (TPSA) is 64.9 Å². The second-order valence-electron chi connectivity index (χ2n) is 6.29. The van der Waals surface area contributed by atoms with E-state index in [1.54, 1.807) is 0 Å². The Balaban J connectivity index is 2.81. The summed E-state index contributed by atoms with van der Waals surface area (Å²) >= 11 is 0. The first kappa shape index (κ1) is 14.2. The van der Waals surface area contributed by atoms with Crippen LogP contribution in [-0.2, 0) is 11.8 Å². The fourth-order valence-electron chi connectivity index (χ4n) is 1.30. The van der Waals surface area contributed by atoms with Crippen molar-refractivity contribution in [1.29, 1.82) is 0 Å². The molecular weight excluding hydrogens is 214 g/mol. The Kier molecular flexibility index (Phi) is 3.97. The number of nitrogens with two attached hydrogens (primary N) is 1. The summed E-state index contributed by atoms with van der Waals surface area (Å²) < 4.78 is 5.35. The Bertz CT molecular complexity index is 361. The van der Waals surface area contributed by atoms with Gasteiger partial charge in [-0.05, 0) is 40.0 Å². The highest BCUT2D eigenvalue weighted by Gasteiger charge is 2.40. The molecule has 2 N–H and O–H groups in total. The van der Waals surface area contributed by atoms with Crippen LogP contribution in [0.4, 0.5) is 0 Å². The van der Waals surface area contributed by atoms with Gasteiger partial charge in [-0.25, -0.2) is 0 Å². The summed E-state index contributed by atoms with van der Waals surface area (Å²) in [6.45, 7) is 12.4. The van der Waals surface area contributed by atoms with E-state index >= 15 is 0 Å². The van der Waals surface area contributed by atoms with Crippen LogP contribution in [0.1, 0.15) is 59.7 Å². The van der Waals surface area contributed by atoms with Crippen molar-refractivity contribution in [2.75, 3.05) is 0 Å². The van der Waals surface area contributed by atoms with E-state index in [1.165, 1.54) is 0 Å². The third kappa shape index (κ3) is 3.28. The highest BCUT2D eigenvalue weighted by atomic mass is 16.5. The van der Waals surface area contributed by atoms with E-state index in [0.29, 0.717) is 11.8 Å². The molecule has 0 bridgehead atoms. The summed E-state index contributed by atoms with van der Waals surface area (Å²) in [5, 5.41) is 4.03. The minimum atomic E-state index is -0.394. The smallest absolute Gasteiger partial charge is 0.234 e. The highest BCUT2D eigenvalue weighted by molar-refractivity contribution is 5.10. The molecule has 1 aromatic rings. The molecule has 0 fully saturated rings. The molecule has 4 nitrogen and oxygen atoms in total. The maximum absolute atomic E-state index is 6.15. The molecule has 0 unspecified atom stereocenters. The molecular formula is C13H25N3O. The predicted molar refractivity (Wildman–Crippen MR) is 68.7 cm³/mol. The van der Waals surface area contributed by atoms with Crippen molar-refractivity contribution in [2.45, 2.75) is 65.3 Å². The lowest BCUT2D eigenvalue weighted by Crippen LogP contribution is -2.50. The van der Waals surface area contributed by atoms with E-state index in [9.17, 15) is 0 Å². The summed E-state index contributed by atoms with van der Waals surface area (Å²) in [7, 11) is 0. The Labute approximate surface area is 104 Å². The van der Waals surface area contributed by atoms with Gasteiger partial charge in [-0.1, -0.05) is 19.0 Å². The molecule has 0 spiro atoms. The van der Waals surface area contributed by atoms with Crippen molar-refractivity contribution in [3.05, 3.63) is 11.7 Å². The lowest BCUT2D eigenvalue weighted by atomic mass is 9.75. The molecule has 0 radical (unpaired) electrons. The molecule has 0 saturated heterocycles. The molecule has 0 saturated carbocycles. The monoisotopic (exact) mass is 239 g/mol. The molecule has 0 amide bonds. The SMILES string of the molecule is CC(C)CCc1noc(C(C)(C)C(C)(C)N)n1. The van der Waals surface area contributed by atoms with E-state index in [4.69, 9.17) is 10.3 Å². The van der Waals surface area contributed by atoms with Crippen molar-refractivity contribution in [1.82, 2.24) is 10.1 Å². The molecule has 1 rings (SSSR count). The molecule has 1 aromatic heterocycles. The van der Waals surface area contributed by atoms with Crippen molar-refractivity contribution in [2.24, 2.45) is 11.7 Å². The van der Waals surface area contributed by atoms with E-state index in [1.807, 2.05) is 27.7 Å². The zero-order valence-corrected chi connectivity index (χ0v) is 11.9. The summed E-state index contributed by atoms with van der Waals surface area (Å²) in [5.74, 6) is 2.06. The Morgan fingerprint density at radius 2 is 1.82 bits per heavy atom. The van der Waals surface area contributed by atoms with Crippen LogP contribution in [0.5, 0.6) is 0 Å². The fourth-order valence-corrected chi connectivity index (χ4v) is 1.30. The van der Waals surface area contributed by atoms with Crippen LogP contribution in [0, 0.1) is 5.92 Å². The van der Waals surface area contributed by atoms with Crippen LogP contribution in [-0.4, -0.2) is 15.7 Å². The van der Waals surface area contributed by atoms with Crippen LogP contribution >= 0.6 is 0 Å². The largest absolute Gasteiger partial charge is 0.339 e. The van der Waals surface area contributed by atoms with Crippen molar-refractivity contribution in [3.8, 4) is 0 Å². The van der Waals surface area contributed by atoms with Gasteiger partial charge in [0.1, 0.15) is 0 Å². The standard InChI is InChI=1S/C13H25N3O/c1-9(2)7-8-10-15-11(17-16-10)12(3,4)13(5,6)14/h9H,7-8,14H2,1-6H3.